The lowest BCUT2D eigenvalue weighted by molar-refractivity contribution is 0.316. The molecule has 1 unspecified atom stereocenters. The predicted octanol–water partition coefficient (Wildman–Crippen LogP) is 4.82. The minimum atomic E-state index is 0.391. The Hall–Kier alpha value is -1.32. The second-order valence-corrected chi connectivity index (χ2v) is 6.18. The summed E-state index contributed by atoms with van der Waals surface area (Å²) < 4.78 is 5.75. The Labute approximate surface area is 132 Å². The summed E-state index contributed by atoms with van der Waals surface area (Å²) in [6, 6.07) is 13.2. The molecular weight excluding hydrogens is 278 g/mol. The van der Waals surface area contributed by atoms with Crippen LogP contribution in [-0.2, 0) is 6.42 Å². The smallest absolute Gasteiger partial charge is 0.119 e. The van der Waals surface area contributed by atoms with Gasteiger partial charge in [0, 0.05) is 10.9 Å². The molecule has 1 N–H and O–H groups in total. The number of rotatable bonds is 9. The summed E-state index contributed by atoms with van der Waals surface area (Å²) in [6.45, 7) is 6.06. The molecule has 1 atom stereocenters. The fourth-order valence-electron chi connectivity index (χ4n) is 2.42. The fraction of sp³-hybridized carbons (Fsp3) is 0.444. The van der Waals surface area contributed by atoms with Crippen molar-refractivity contribution in [3.63, 3.8) is 0 Å². The van der Waals surface area contributed by atoms with E-state index >= 15 is 0 Å². The maximum Gasteiger partial charge on any atom is 0.119 e. The van der Waals surface area contributed by atoms with Crippen LogP contribution in [0.25, 0.3) is 0 Å². The number of benzene rings is 1. The number of hydrogen-bond donors (Lipinski definition) is 1. The number of hydrogen-bond acceptors (Lipinski definition) is 3. The van der Waals surface area contributed by atoms with Crippen LogP contribution < -0.4 is 10.1 Å². The van der Waals surface area contributed by atoms with Crippen molar-refractivity contribution in [3.8, 4) is 5.75 Å². The van der Waals surface area contributed by atoms with Gasteiger partial charge in [-0.2, -0.15) is 0 Å². The molecule has 0 aliphatic rings. The molecule has 0 aliphatic heterocycles. The van der Waals surface area contributed by atoms with Gasteiger partial charge in [-0.3, -0.25) is 0 Å². The molecule has 0 spiro atoms. The van der Waals surface area contributed by atoms with E-state index in [4.69, 9.17) is 4.74 Å². The van der Waals surface area contributed by atoms with Crippen LogP contribution in [0.15, 0.2) is 41.8 Å². The first-order chi connectivity index (χ1) is 10.3. The lowest BCUT2D eigenvalue weighted by Gasteiger charge is -2.19. The third-order valence-electron chi connectivity index (χ3n) is 3.44. The largest absolute Gasteiger partial charge is 0.494 e. The van der Waals surface area contributed by atoms with Crippen LogP contribution in [0.1, 0.15) is 43.2 Å². The molecule has 1 aromatic heterocycles. The monoisotopic (exact) mass is 303 g/mol. The van der Waals surface area contributed by atoms with Gasteiger partial charge in [0.2, 0.25) is 0 Å². The standard InChI is InChI=1S/C18H25NOS/c1-3-12-20-16-8-5-7-15(14-16)18(19-4-2)11-10-17-9-6-13-21-17/h5-9,13-14,18-19H,3-4,10-12H2,1-2H3. The molecule has 0 aliphatic carbocycles. The maximum absolute atomic E-state index is 5.75. The van der Waals surface area contributed by atoms with Crippen LogP contribution in [0, 0.1) is 0 Å². The molecule has 1 heterocycles. The highest BCUT2D eigenvalue weighted by molar-refractivity contribution is 7.09. The summed E-state index contributed by atoms with van der Waals surface area (Å²) in [4.78, 5) is 1.45. The quantitative estimate of drug-likeness (QED) is 0.717. The van der Waals surface area contributed by atoms with E-state index in [9.17, 15) is 0 Å². The van der Waals surface area contributed by atoms with Gasteiger partial charge < -0.3 is 10.1 Å². The Balaban J connectivity index is 2.02. The van der Waals surface area contributed by atoms with Gasteiger partial charge >= 0.3 is 0 Å². The molecule has 0 saturated carbocycles. The van der Waals surface area contributed by atoms with Crippen LogP contribution in [0.5, 0.6) is 5.75 Å². The zero-order valence-electron chi connectivity index (χ0n) is 13.0. The van der Waals surface area contributed by atoms with Crippen LogP contribution in [-0.4, -0.2) is 13.2 Å². The zero-order valence-corrected chi connectivity index (χ0v) is 13.8. The summed E-state index contributed by atoms with van der Waals surface area (Å²) in [6.07, 6.45) is 3.28. The topological polar surface area (TPSA) is 21.3 Å². The predicted molar refractivity (Wildman–Crippen MR) is 91.3 cm³/mol. The van der Waals surface area contributed by atoms with E-state index in [0.29, 0.717) is 6.04 Å². The molecule has 3 heteroatoms. The molecule has 2 rings (SSSR count). The molecule has 114 valence electrons. The first-order valence-corrected chi connectivity index (χ1v) is 8.70. The van der Waals surface area contributed by atoms with Gasteiger partial charge in [0.05, 0.1) is 6.61 Å². The third kappa shape index (κ3) is 5.18. The van der Waals surface area contributed by atoms with Crippen molar-refractivity contribution in [2.24, 2.45) is 0 Å². The van der Waals surface area contributed by atoms with E-state index in [-0.39, 0.29) is 0 Å². The van der Waals surface area contributed by atoms with Gasteiger partial charge in [-0.25, -0.2) is 0 Å². The molecule has 1 aromatic carbocycles. The van der Waals surface area contributed by atoms with Crippen molar-refractivity contribution in [1.29, 1.82) is 0 Å². The van der Waals surface area contributed by atoms with Crippen LogP contribution in [0.3, 0.4) is 0 Å². The number of aryl methyl sites for hydroxylation is 1. The molecule has 0 radical (unpaired) electrons. The van der Waals surface area contributed by atoms with E-state index < -0.39 is 0 Å². The van der Waals surface area contributed by atoms with E-state index in [1.54, 1.807) is 0 Å². The zero-order chi connectivity index (χ0) is 14.9. The van der Waals surface area contributed by atoms with Crippen molar-refractivity contribution in [2.45, 2.75) is 39.2 Å². The second kappa shape index (κ2) is 8.85. The molecule has 0 saturated heterocycles. The molecule has 0 bridgehead atoms. The lowest BCUT2D eigenvalue weighted by Crippen LogP contribution is -2.21. The average molecular weight is 303 g/mol. The summed E-state index contributed by atoms with van der Waals surface area (Å²) in [7, 11) is 0. The normalized spacial score (nSPS) is 12.3. The minimum absolute atomic E-state index is 0.391. The van der Waals surface area contributed by atoms with Crippen molar-refractivity contribution in [3.05, 3.63) is 52.2 Å². The minimum Gasteiger partial charge on any atom is -0.494 e. The Morgan fingerprint density at radius 2 is 2.10 bits per heavy atom. The Kier molecular flexibility index (Phi) is 6.77. The maximum atomic E-state index is 5.75. The van der Waals surface area contributed by atoms with Gasteiger partial charge in [0.1, 0.15) is 5.75 Å². The average Bonchev–Trinajstić information content (AvgIpc) is 3.03. The number of thiophene rings is 1. The number of ether oxygens (including phenoxy) is 1. The molecule has 0 fully saturated rings. The Morgan fingerprint density at radius 3 is 2.81 bits per heavy atom. The van der Waals surface area contributed by atoms with Gasteiger partial charge in [0.15, 0.2) is 0 Å². The third-order valence-corrected chi connectivity index (χ3v) is 4.38. The molecule has 21 heavy (non-hydrogen) atoms. The first kappa shape index (κ1) is 16.1. The molecular formula is C18H25NOS. The molecule has 2 aromatic rings. The van der Waals surface area contributed by atoms with E-state index in [2.05, 4.69) is 54.9 Å². The Morgan fingerprint density at radius 1 is 1.19 bits per heavy atom. The van der Waals surface area contributed by atoms with Gasteiger partial charge in [-0.15, -0.1) is 11.3 Å². The lowest BCUT2D eigenvalue weighted by atomic mass is 10.0. The van der Waals surface area contributed by atoms with Crippen LogP contribution >= 0.6 is 11.3 Å². The summed E-state index contributed by atoms with van der Waals surface area (Å²) in [5.41, 5.74) is 1.32. The van der Waals surface area contributed by atoms with E-state index in [1.807, 2.05) is 17.4 Å². The second-order valence-electron chi connectivity index (χ2n) is 5.15. The fourth-order valence-corrected chi connectivity index (χ4v) is 3.14. The summed E-state index contributed by atoms with van der Waals surface area (Å²) in [5, 5.41) is 5.74. The van der Waals surface area contributed by atoms with E-state index in [1.165, 1.54) is 10.4 Å². The summed E-state index contributed by atoms with van der Waals surface area (Å²) >= 11 is 1.84. The van der Waals surface area contributed by atoms with Crippen molar-refractivity contribution in [2.75, 3.05) is 13.2 Å². The van der Waals surface area contributed by atoms with Crippen LogP contribution in [0.2, 0.25) is 0 Å². The van der Waals surface area contributed by atoms with Gasteiger partial charge in [-0.05, 0) is 54.9 Å². The van der Waals surface area contributed by atoms with Crippen LogP contribution in [0.4, 0.5) is 0 Å². The highest BCUT2D eigenvalue weighted by Gasteiger charge is 2.11. The Bertz CT molecular complexity index is 510. The van der Waals surface area contributed by atoms with E-state index in [0.717, 1.165) is 38.2 Å². The van der Waals surface area contributed by atoms with Gasteiger partial charge in [0.25, 0.3) is 0 Å². The highest BCUT2D eigenvalue weighted by Crippen LogP contribution is 2.24. The van der Waals surface area contributed by atoms with Crippen molar-refractivity contribution in [1.82, 2.24) is 5.32 Å². The van der Waals surface area contributed by atoms with Crippen molar-refractivity contribution < 1.29 is 4.74 Å². The first-order valence-electron chi connectivity index (χ1n) is 7.82. The number of nitrogens with one attached hydrogen (secondary N) is 1. The SMILES string of the molecule is CCCOc1cccc(C(CCc2cccs2)NCC)c1. The van der Waals surface area contributed by atoms with Gasteiger partial charge in [-0.1, -0.05) is 32.0 Å². The van der Waals surface area contributed by atoms with Crippen molar-refractivity contribution >= 4 is 11.3 Å². The molecule has 0 amide bonds. The molecule has 2 nitrogen and oxygen atoms in total. The summed E-state index contributed by atoms with van der Waals surface area (Å²) in [5.74, 6) is 0.980. The highest BCUT2D eigenvalue weighted by atomic mass is 32.1.